The summed E-state index contributed by atoms with van der Waals surface area (Å²) in [6.07, 6.45) is 0. The van der Waals surface area contributed by atoms with E-state index in [9.17, 15) is 10.1 Å². The van der Waals surface area contributed by atoms with E-state index in [0.29, 0.717) is 22.5 Å². The monoisotopic (exact) mass is 317 g/mol. The maximum absolute atomic E-state index is 11.8. The van der Waals surface area contributed by atoms with Gasteiger partial charge in [-0.15, -0.1) is 10.2 Å². The van der Waals surface area contributed by atoms with Crippen LogP contribution in [-0.2, 0) is 0 Å². The minimum absolute atomic E-state index is 0.173. The maximum Gasteiger partial charge on any atom is 0.251 e. The Morgan fingerprint density at radius 2 is 2.00 bits per heavy atom. The van der Waals surface area contributed by atoms with Crippen molar-refractivity contribution >= 4 is 28.2 Å². The summed E-state index contributed by atoms with van der Waals surface area (Å²) in [6.45, 7) is 1.97. The lowest BCUT2D eigenvalue weighted by Gasteiger charge is -2.12. The normalized spacial score (nSPS) is 10.2. The molecule has 2 aromatic carbocycles. The fourth-order valence-electron chi connectivity index (χ4n) is 2.45. The molecule has 3 rings (SSSR count). The third-order valence-corrected chi connectivity index (χ3v) is 3.64. The summed E-state index contributed by atoms with van der Waals surface area (Å²) in [4.78, 5) is 11.8. The van der Waals surface area contributed by atoms with Crippen LogP contribution in [0.1, 0.15) is 21.6 Å². The minimum Gasteiger partial charge on any atom is -0.355 e. The molecule has 0 spiro atoms. The van der Waals surface area contributed by atoms with Gasteiger partial charge in [-0.25, -0.2) is 0 Å². The van der Waals surface area contributed by atoms with Crippen LogP contribution < -0.4 is 10.6 Å². The zero-order valence-corrected chi connectivity index (χ0v) is 13.3. The smallest absolute Gasteiger partial charge is 0.251 e. The molecule has 2 N–H and O–H groups in total. The Hall–Kier alpha value is -3.46. The molecule has 0 aliphatic carbocycles. The van der Waals surface area contributed by atoms with E-state index in [-0.39, 0.29) is 11.6 Å². The molecular weight excluding hydrogens is 302 g/mol. The number of amides is 1. The van der Waals surface area contributed by atoms with Gasteiger partial charge in [-0.05, 0) is 37.3 Å². The molecule has 0 fully saturated rings. The van der Waals surface area contributed by atoms with Gasteiger partial charge in [0.25, 0.3) is 5.91 Å². The Labute approximate surface area is 139 Å². The highest BCUT2D eigenvalue weighted by Crippen LogP contribution is 2.28. The van der Waals surface area contributed by atoms with Crippen molar-refractivity contribution in [2.45, 2.75) is 6.92 Å². The standard InChI is InChI=1S/C18H15N5O/c1-11-6-7-15-14(8-11)17(16(10-19)23-22-15)21-13-5-3-4-12(9-13)18(24)20-2/h3-9H,1-2H3,(H,20,24)(H,21,22). The number of nitriles is 1. The Morgan fingerprint density at radius 1 is 1.17 bits per heavy atom. The van der Waals surface area contributed by atoms with E-state index in [4.69, 9.17) is 0 Å². The molecule has 1 amide bonds. The van der Waals surface area contributed by atoms with E-state index in [2.05, 4.69) is 26.9 Å². The van der Waals surface area contributed by atoms with E-state index in [1.165, 1.54) is 0 Å². The second-order valence-electron chi connectivity index (χ2n) is 5.34. The number of hydrogen-bond acceptors (Lipinski definition) is 5. The zero-order valence-electron chi connectivity index (χ0n) is 13.3. The van der Waals surface area contributed by atoms with E-state index < -0.39 is 0 Å². The van der Waals surface area contributed by atoms with Crippen LogP contribution in [0.25, 0.3) is 10.9 Å². The van der Waals surface area contributed by atoms with Crippen LogP contribution in [0, 0.1) is 18.3 Å². The summed E-state index contributed by atoms with van der Waals surface area (Å²) in [5.74, 6) is -0.173. The number of anilines is 2. The molecule has 0 atom stereocenters. The first kappa shape index (κ1) is 15.4. The third-order valence-electron chi connectivity index (χ3n) is 3.64. The summed E-state index contributed by atoms with van der Waals surface area (Å²) in [5.41, 5.74) is 3.77. The van der Waals surface area contributed by atoms with Gasteiger partial charge in [-0.1, -0.05) is 17.7 Å². The summed E-state index contributed by atoms with van der Waals surface area (Å²) >= 11 is 0. The maximum atomic E-state index is 11.8. The lowest BCUT2D eigenvalue weighted by atomic mass is 10.1. The lowest BCUT2D eigenvalue weighted by molar-refractivity contribution is 0.0963. The number of carbonyl (C=O) groups excluding carboxylic acids is 1. The first-order valence-corrected chi connectivity index (χ1v) is 7.38. The number of aromatic nitrogens is 2. The quantitative estimate of drug-likeness (QED) is 0.775. The molecule has 0 radical (unpaired) electrons. The van der Waals surface area contributed by atoms with Crippen LogP contribution in [0.15, 0.2) is 42.5 Å². The van der Waals surface area contributed by atoms with Crippen molar-refractivity contribution in [1.82, 2.24) is 15.5 Å². The first-order valence-electron chi connectivity index (χ1n) is 7.38. The fourth-order valence-corrected chi connectivity index (χ4v) is 2.45. The van der Waals surface area contributed by atoms with Crippen molar-refractivity contribution in [1.29, 1.82) is 5.26 Å². The van der Waals surface area contributed by atoms with E-state index in [1.807, 2.05) is 31.2 Å². The molecule has 0 aliphatic heterocycles. The van der Waals surface area contributed by atoms with Gasteiger partial charge < -0.3 is 10.6 Å². The second-order valence-corrected chi connectivity index (χ2v) is 5.34. The molecule has 118 valence electrons. The van der Waals surface area contributed by atoms with E-state index >= 15 is 0 Å². The summed E-state index contributed by atoms with van der Waals surface area (Å²) < 4.78 is 0. The number of rotatable bonds is 3. The van der Waals surface area contributed by atoms with Crippen molar-refractivity contribution in [2.24, 2.45) is 0 Å². The molecule has 0 unspecified atom stereocenters. The molecule has 0 saturated carbocycles. The average Bonchev–Trinajstić information content (AvgIpc) is 2.61. The van der Waals surface area contributed by atoms with Gasteiger partial charge in [0.05, 0.1) is 11.2 Å². The molecule has 0 saturated heterocycles. The number of nitrogens with zero attached hydrogens (tertiary/aromatic N) is 3. The molecule has 6 heteroatoms. The van der Waals surface area contributed by atoms with E-state index in [0.717, 1.165) is 10.9 Å². The highest BCUT2D eigenvalue weighted by Gasteiger charge is 2.12. The van der Waals surface area contributed by atoms with Crippen LogP contribution in [0.5, 0.6) is 0 Å². The molecule has 24 heavy (non-hydrogen) atoms. The summed E-state index contributed by atoms with van der Waals surface area (Å²) in [5, 5.41) is 24.0. The first-order chi connectivity index (χ1) is 11.6. The van der Waals surface area contributed by atoms with Gasteiger partial charge in [0.2, 0.25) is 0 Å². The topological polar surface area (TPSA) is 90.7 Å². The highest BCUT2D eigenvalue weighted by molar-refractivity contribution is 5.97. The Balaban J connectivity index is 2.11. The zero-order chi connectivity index (χ0) is 17.1. The van der Waals surface area contributed by atoms with Crippen LogP contribution in [-0.4, -0.2) is 23.2 Å². The van der Waals surface area contributed by atoms with Crippen molar-refractivity contribution in [2.75, 3.05) is 12.4 Å². The van der Waals surface area contributed by atoms with Gasteiger partial charge in [-0.2, -0.15) is 5.26 Å². The third kappa shape index (κ3) is 2.88. The SMILES string of the molecule is CNC(=O)c1cccc(Nc2c(C#N)nnc3ccc(C)cc23)c1. The van der Waals surface area contributed by atoms with Gasteiger partial charge in [0.15, 0.2) is 5.69 Å². The van der Waals surface area contributed by atoms with Gasteiger partial charge in [-0.3, -0.25) is 4.79 Å². The van der Waals surface area contributed by atoms with E-state index in [1.54, 1.807) is 25.2 Å². The molecule has 1 aromatic heterocycles. The predicted octanol–water partition coefficient (Wildman–Crippen LogP) is 2.91. The molecule has 1 heterocycles. The predicted molar refractivity (Wildman–Crippen MR) is 92.1 cm³/mol. The average molecular weight is 317 g/mol. The Kier molecular flexibility index (Phi) is 4.08. The highest BCUT2D eigenvalue weighted by atomic mass is 16.1. The summed E-state index contributed by atoms with van der Waals surface area (Å²) in [6, 6.07) is 14.9. The minimum atomic E-state index is -0.173. The van der Waals surface area contributed by atoms with Crippen LogP contribution >= 0.6 is 0 Å². The van der Waals surface area contributed by atoms with Crippen LogP contribution in [0.4, 0.5) is 11.4 Å². The van der Waals surface area contributed by atoms with Crippen molar-refractivity contribution < 1.29 is 4.79 Å². The summed E-state index contributed by atoms with van der Waals surface area (Å²) in [7, 11) is 1.58. The largest absolute Gasteiger partial charge is 0.355 e. The van der Waals surface area contributed by atoms with Crippen molar-refractivity contribution in [3.63, 3.8) is 0 Å². The Bertz CT molecular complexity index is 975. The molecule has 6 nitrogen and oxygen atoms in total. The van der Waals surface area contributed by atoms with Gasteiger partial charge in [0.1, 0.15) is 6.07 Å². The number of benzene rings is 2. The number of carbonyl (C=O) groups is 1. The van der Waals surface area contributed by atoms with Crippen molar-refractivity contribution in [3.05, 3.63) is 59.3 Å². The lowest BCUT2D eigenvalue weighted by Crippen LogP contribution is -2.17. The van der Waals surface area contributed by atoms with Gasteiger partial charge >= 0.3 is 0 Å². The molecular formula is C18H15N5O. The number of fused-ring (bicyclic) bond motifs is 1. The molecule has 0 aliphatic rings. The molecule has 3 aromatic rings. The number of hydrogen-bond donors (Lipinski definition) is 2. The fraction of sp³-hybridized carbons (Fsp3) is 0.111. The van der Waals surface area contributed by atoms with Gasteiger partial charge in [0, 0.05) is 23.7 Å². The number of aryl methyl sites for hydroxylation is 1. The molecule has 0 bridgehead atoms. The number of nitrogens with one attached hydrogen (secondary N) is 2. The second kappa shape index (κ2) is 6.34. The van der Waals surface area contributed by atoms with Crippen LogP contribution in [0.3, 0.4) is 0 Å². The van der Waals surface area contributed by atoms with Crippen molar-refractivity contribution in [3.8, 4) is 6.07 Å². The Morgan fingerprint density at radius 3 is 2.75 bits per heavy atom. The van der Waals surface area contributed by atoms with Crippen LogP contribution in [0.2, 0.25) is 0 Å².